The Balaban J connectivity index is 2.66. The number of furan rings is 1. The third kappa shape index (κ3) is 1.50. The zero-order valence-electron chi connectivity index (χ0n) is 7.40. The first kappa shape index (κ1) is 9.52. The highest BCUT2D eigenvalue weighted by Gasteiger charge is 2.12. The maximum Gasteiger partial charge on any atom is 0.138 e. The van der Waals surface area contributed by atoms with Crippen LogP contribution in [0.1, 0.15) is 11.6 Å². The molecule has 0 aliphatic rings. The normalized spacial score (nSPS) is 13.4. The summed E-state index contributed by atoms with van der Waals surface area (Å²) in [4.78, 5) is 0. The van der Waals surface area contributed by atoms with E-state index >= 15 is 0 Å². The Morgan fingerprint density at radius 2 is 2.29 bits per heavy atom. The molecule has 1 atom stereocenters. The molecule has 0 spiro atoms. The highest BCUT2D eigenvalue weighted by molar-refractivity contribution is 6.31. The molecular weight excluding hydrogens is 202 g/mol. The third-order valence-electron chi connectivity index (χ3n) is 2.14. The summed E-state index contributed by atoms with van der Waals surface area (Å²) in [5.74, 6) is 0. The number of benzene rings is 1. The second-order valence-corrected chi connectivity index (χ2v) is 3.56. The van der Waals surface area contributed by atoms with E-state index in [2.05, 4.69) is 0 Å². The van der Waals surface area contributed by atoms with Gasteiger partial charge in [0.05, 0.1) is 18.9 Å². The van der Waals surface area contributed by atoms with E-state index in [1.54, 1.807) is 18.4 Å². The summed E-state index contributed by atoms with van der Waals surface area (Å²) in [7, 11) is 0. The first-order valence-corrected chi connectivity index (χ1v) is 4.63. The Kier molecular flexibility index (Phi) is 2.46. The van der Waals surface area contributed by atoms with E-state index in [1.165, 1.54) is 0 Å². The van der Waals surface area contributed by atoms with Crippen LogP contribution in [-0.2, 0) is 0 Å². The van der Waals surface area contributed by atoms with Crippen LogP contribution < -0.4 is 5.73 Å². The molecule has 0 aliphatic carbocycles. The largest absolute Gasteiger partial charge is 0.464 e. The van der Waals surface area contributed by atoms with Crippen molar-refractivity contribution >= 4 is 22.6 Å². The summed E-state index contributed by atoms with van der Waals surface area (Å²) < 4.78 is 5.28. The van der Waals surface area contributed by atoms with E-state index in [0.717, 1.165) is 10.9 Å². The number of aliphatic hydroxyl groups is 1. The van der Waals surface area contributed by atoms with Gasteiger partial charge in [0.15, 0.2) is 0 Å². The van der Waals surface area contributed by atoms with Gasteiger partial charge in [-0.25, -0.2) is 0 Å². The van der Waals surface area contributed by atoms with Crippen LogP contribution >= 0.6 is 11.6 Å². The lowest BCUT2D eigenvalue weighted by atomic mass is 10.1. The molecule has 0 bridgehead atoms. The third-order valence-corrected chi connectivity index (χ3v) is 2.36. The van der Waals surface area contributed by atoms with Crippen LogP contribution in [-0.4, -0.2) is 11.7 Å². The minimum Gasteiger partial charge on any atom is -0.464 e. The second-order valence-electron chi connectivity index (χ2n) is 3.12. The van der Waals surface area contributed by atoms with Crippen LogP contribution in [0.2, 0.25) is 5.02 Å². The van der Waals surface area contributed by atoms with Crippen molar-refractivity contribution in [1.82, 2.24) is 0 Å². The minimum atomic E-state index is -0.456. The number of aliphatic hydroxyl groups excluding tert-OH is 1. The van der Waals surface area contributed by atoms with E-state index in [9.17, 15) is 0 Å². The number of halogens is 1. The predicted molar refractivity (Wildman–Crippen MR) is 55.2 cm³/mol. The number of hydrogen-bond acceptors (Lipinski definition) is 3. The van der Waals surface area contributed by atoms with E-state index < -0.39 is 6.04 Å². The van der Waals surface area contributed by atoms with E-state index in [1.807, 2.05) is 6.07 Å². The average molecular weight is 212 g/mol. The van der Waals surface area contributed by atoms with Crippen LogP contribution in [0.25, 0.3) is 11.0 Å². The molecule has 3 nitrogen and oxygen atoms in total. The Hall–Kier alpha value is -1.03. The lowest BCUT2D eigenvalue weighted by molar-refractivity contribution is 0.268. The summed E-state index contributed by atoms with van der Waals surface area (Å²) in [5.41, 5.74) is 7.15. The molecule has 4 heteroatoms. The first-order valence-electron chi connectivity index (χ1n) is 4.25. The lowest BCUT2D eigenvalue weighted by Gasteiger charge is -2.09. The topological polar surface area (TPSA) is 59.4 Å². The Labute approximate surface area is 86.1 Å². The monoisotopic (exact) mass is 211 g/mol. The van der Waals surface area contributed by atoms with Gasteiger partial charge < -0.3 is 15.3 Å². The first-order chi connectivity index (χ1) is 6.72. The number of rotatable bonds is 2. The fourth-order valence-corrected chi connectivity index (χ4v) is 1.68. The maximum absolute atomic E-state index is 8.97. The van der Waals surface area contributed by atoms with Crippen molar-refractivity contribution in [2.75, 3.05) is 6.61 Å². The van der Waals surface area contributed by atoms with Crippen LogP contribution in [0.3, 0.4) is 0 Å². The summed E-state index contributed by atoms with van der Waals surface area (Å²) in [5, 5.41) is 10.5. The van der Waals surface area contributed by atoms with Crippen LogP contribution in [0.5, 0.6) is 0 Å². The SMILES string of the molecule is NC(CO)c1cc(Cl)cc2ccoc12. The van der Waals surface area contributed by atoms with Crippen molar-refractivity contribution < 1.29 is 9.52 Å². The minimum absolute atomic E-state index is 0.129. The van der Waals surface area contributed by atoms with E-state index in [-0.39, 0.29) is 6.61 Å². The highest BCUT2D eigenvalue weighted by Crippen LogP contribution is 2.28. The second kappa shape index (κ2) is 3.61. The van der Waals surface area contributed by atoms with Crippen LogP contribution in [0.15, 0.2) is 28.9 Å². The molecule has 0 saturated heterocycles. The van der Waals surface area contributed by atoms with Gasteiger partial charge in [-0.1, -0.05) is 11.6 Å². The van der Waals surface area contributed by atoms with Crippen molar-refractivity contribution in [3.05, 3.63) is 35.0 Å². The summed E-state index contributed by atoms with van der Waals surface area (Å²) in [6, 6.07) is 4.87. The molecular formula is C10H10ClNO2. The molecule has 1 unspecified atom stereocenters. The quantitative estimate of drug-likeness (QED) is 0.800. The molecule has 1 aromatic carbocycles. The molecule has 0 saturated carbocycles. The molecule has 0 fully saturated rings. The molecule has 74 valence electrons. The van der Waals surface area contributed by atoms with Gasteiger partial charge in [0.25, 0.3) is 0 Å². The predicted octanol–water partition coefficient (Wildman–Crippen LogP) is 2.08. The van der Waals surface area contributed by atoms with Gasteiger partial charge in [-0.15, -0.1) is 0 Å². The Morgan fingerprint density at radius 1 is 1.50 bits per heavy atom. The van der Waals surface area contributed by atoms with Gasteiger partial charge >= 0.3 is 0 Å². The van der Waals surface area contributed by atoms with Crippen LogP contribution in [0.4, 0.5) is 0 Å². The summed E-state index contributed by atoms with van der Waals surface area (Å²) in [6.45, 7) is -0.129. The molecule has 1 heterocycles. The van der Waals surface area contributed by atoms with Crippen molar-refractivity contribution in [2.24, 2.45) is 5.73 Å². The van der Waals surface area contributed by atoms with Gasteiger partial charge in [0.1, 0.15) is 5.58 Å². The van der Waals surface area contributed by atoms with Crippen molar-refractivity contribution in [3.63, 3.8) is 0 Å². The molecule has 0 aliphatic heterocycles. The Morgan fingerprint density at radius 3 is 3.00 bits per heavy atom. The standard InChI is InChI=1S/C10H10ClNO2/c11-7-3-6-1-2-14-10(6)8(4-7)9(12)5-13/h1-4,9,13H,5,12H2. The van der Waals surface area contributed by atoms with Crippen LogP contribution in [0, 0.1) is 0 Å². The van der Waals surface area contributed by atoms with Crippen molar-refractivity contribution in [3.8, 4) is 0 Å². The van der Waals surface area contributed by atoms with E-state index in [4.69, 9.17) is 26.9 Å². The molecule has 1 aromatic heterocycles. The zero-order valence-corrected chi connectivity index (χ0v) is 8.16. The van der Waals surface area contributed by atoms with Gasteiger partial charge in [0, 0.05) is 16.0 Å². The smallest absolute Gasteiger partial charge is 0.138 e. The van der Waals surface area contributed by atoms with Gasteiger partial charge in [0.2, 0.25) is 0 Å². The molecule has 14 heavy (non-hydrogen) atoms. The molecule has 2 aromatic rings. The van der Waals surface area contributed by atoms with Crippen molar-refractivity contribution in [1.29, 1.82) is 0 Å². The summed E-state index contributed by atoms with van der Waals surface area (Å²) >= 11 is 5.90. The summed E-state index contributed by atoms with van der Waals surface area (Å²) in [6.07, 6.45) is 1.58. The maximum atomic E-state index is 8.97. The molecule has 2 rings (SSSR count). The number of hydrogen-bond donors (Lipinski definition) is 2. The lowest BCUT2D eigenvalue weighted by Crippen LogP contribution is -2.14. The van der Waals surface area contributed by atoms with Crippen molar-refractivity contribution in [2.45, 2.75) is 6.04 Å². The number of nitrogens with two attached hydrogens (primary N) is 1. The van der Waals surface area contributed by atoms with Gasteiger partial charge in [-0.3, -0.25) is 0 Å². The van der Waals surface area contributed by atoms with E-state index in [0.29, 0.717) is 10.6 Å². The van der Waals surface area contributed by atoms with Gasteiger partial charge in [-0.05, 0) is 18.2 Å². The van der Waals surface area contributed by atoms with Gasteiger partial charge in [-0.2, -0.15) is 0 Å². The molecule has 0 amide bonds. The fraction of sp³-hybridized carbons (Fsp3) is 0.200. The zero-order chi connectivity index (χ0) is 10.1. The average Bonchev–Trinajstić information content (AvgIpc) is 2.62. The highest BCUT2D eigenvalue weighted by atomic mass is 35.5. The fourth-order valence-electron chi connectivity index (χ4n) is 1.45. The Bertz CT molecular complexity index is 452. The number of fused-ring (bicyclic) bond motifs is 1. The molecule has 3 N–H and O–H groups in total. The molecule has 0 radical (unpaired) electrons.